The molecule has 1 fully saturated rings. The molecule has 0 radical (unpaired) electrons. The van der Waals surface area contributed by atoms with E-state index in [0.717, 1.165) is 42.4 Å². The van der Waals surface area contributed by atoms with Gasteiger partial charge < -0.3 is 39.5 Å². The number of oxime groups is 1. The zero-order valence-electron chi connectivity index (χ0n) is 34.8. The molecule has 0 bridgehead atoms. The Labute approximate surface area is 356 Å². The first kappa shape index (κ1) is 44.7. The molecule has 2 amide bonds. The van der Waals surface area contributed by atoms with E-state index in [2.05, 4.69) is 23.1 Å². The average Bonchev–Trinajstić information content (AvgIpc) is 3.27. The topological polar surface area (TPSA) is 182 Å². The number of aliphatic hydroxyl groups is 2. The van der Waals surface area contributed by atoms with Crippen LogP contribution >= 0.6 is 0 Å². The molecule has 0 aromatic heterocycles. The summed E-state index contributed by atoms with van der Waals surface area (Å²) in [6, 6.07) is 20.0. The van der Waals surface area contributed by atoms with Gasteiger partial charge in [0.25, 0.3) is 5.69 Å². The first-order valence-corrected chi connectivity index (χ1v) is 21.0. The van der Waals surface area contributed by atoms with Gasteiger partial charge >= 0.3 is 6.09 Å². The molecule has 3 aliphatic rings. The van der Waals surface area contributed by atoms with Gasteiger partial charge in [0.05, 0.1) is 23.2 Å². The van der Waals surface area contributed by atoms with E-state index in [-0.39, 0.29) is 62.1 Å². The number of benzene rings is 3. The molecule has 1 heterocycles. The lowest BCUT2D eigenvalue weighted by Gasteiger charge is -2.59. The molecule has 3 aromatic rings. The molecule has 2 aliphatic carbocycles. The maximum Gasteiger partial charge on any atom is 0.412 e. The second-order valence-corrected chi connectivity index (χ2v) is 15.6. The predicted octanol–water partition coefficient (Wildman–Crippen LogP) is 7.71. The second kappa shape index (κ2) is 21.1. The zero-order chi connectivity index (χ0) is 43.4. The number of unbranched alkanes of at least 4 members (excludes halogenated alkanes) is 2. The van der Waals surface area contributed by atoms with Gasteiger partial charge in [-0.2, -0.15) is 0 Å². The number of amides is 2. The number of fused-ring (bicyclic) bond motifs is 2. The molecule has 324 valence electrons. The van der Waals surface area contributed by atoms with Crippen LogP contribution in [0.2, 0.25) is 0 Å². The standard InChI is InChI=1S/C47H56N4O10/c1-4-27-58-47-42(50(3)43(54)24-19-32-17-20-35(21-18-32)51(56)57)30-40(49-59-5-2)38-28-34(15-9-11-25-52)37(16-10-12-26-53)44(45(38)47)39-29-36(22-23-41(39)61-47)60-46(55)48-31-33-13-7-6-8-14-33/h4,6-8,13-14,17-24,28-29,34,37,42,44-45,52-53H,1,5,9-12,15-16,25-27,30-31H2,2-3H3,(H,48,55)/t34-,37+,42-,44+,45+,47+/m0/s1. The van der Waals surface area contributed by atoms with Crippen LogP contribution in [0.3, 0.4) is 0 Å². The Morgan fingerprint density at radius 3 is 2.48 bits per heavy atom. The minimum Gasteiger partial charge on any atom is -0.459 e. The number of carbonyl (C=O) groups is 2. The first-order valence-electron chi connectivity index (χ1n) is 21.0. The smallest absolute Gasteiger partial charge is 0.412 e. The monoisotopic (exact) mass is 836 g/mol. The number of nitrogens with one attached hydrogen (secondary N) is 1. The molecule has 1 saturated carbocycles. The Kier molecular flexibility index (Phi) is 15.5. The normalized spacial score (nSPS) is 23.2. The van der Waals surface area contributed by atoms with Crippen molar-refractivity contribution in [2.24, 2.45) is 22.9 Å². The summed E-state index contributed by atoms with van der Waals surface area (Å²) in [6.07, 6.45) is 10.8. The third-order valence-corrected chi connectivity index (χ3v) is 11.8. The van der Waals surface area contributed by atoms with E-state index in [1.165, 1.54) is 18.2 Å². The minimum atomic E-state index is -1.46. The van der Waals surface area contributed by atoms with Crippen molar-refractivity contribution in [1.29, 1.82) is 0 Å². The number of non-ortho nitro benzene ring substituents is 1. The van der Waals surface area contributed by atoms with E-state index in [1.54, 1.807) is 48.4 Å². The molecule has 61 heavy (non-hydrogen) atoms. The Morgan fingerprint density at radius 2 is 1.79 bits per heavy atom. The van der Waals surface area contributed by atoms with Crippen molar-refractivity contribution in [1.82, 2.24) is 10.2 Å². The highest BCUT2D eigenvalue weighted by molar-refractivity contribution is 6.03. The maximum atomic E-state index is 14.2. The largest absolute Gasteiger partial charge is 0.459 e. The SMILES string of the molecule is C=CCO[C@@]12Oc3ccc(OC(=O)NCc4ccccc4)cc3[C@H]3[C@H](CCCCO)[C@@H](CCCCO)C=C(C(=NOCC)C[C@@H]1N(C)C(=O)C=Cc1ccc([N+](=O)[O-])cc1)[C@H]32. The fourth-order valence-electron chi connectivity index (χ4n) is 8.99. The van der Waals surface area contributed by atoms with Gasteiger partial charge in [0.15, 0.2) is 0 Å². The summed E-state index contributed by atoms with van der Waals surface area (Å²) in [5.41, 5.74) is 3.82. The van der Waals surface area contributed by atoms with Gasteiger partial charge in [-0.25, -0.2) is 4.79 Å². The average molecular weight is 837 g/mol. The van der Waals surface area contributed by atoms with Gasteiger partial charge in [0, 0.05) is 62.9 Å². The lowest BCUT2D eigenvalue weighted by Crippen LogP contribution is -2.69. The van der Waals surface area contributed by atoms with Gasteiger partial charge in [-0.15, -0.1) is 6.58 Å². The second-order valence-electron chi connectivity index (χ2n) is 15.6. The lowest BCUT2D eigenvalue weighted by molar-refractivity contribution is -0.384. The van der Waals surface area contributed by atoms with Crippen LogP contribution in [-0.4, -0.2) is 83.1 Å². The molecule has 3 aromatic carbocycles. The molecule has 0 unspecified atom stereocenters. The molecule has 1 aliphatic heterocycles. The molecule has 6 atom stereocenters. The van der Waals surface area contributed by atoms with Crippen LogP contribution in [0.4, 0.5) is 10.5 Å². The summed E-state index contributed by atoms with van der Waals surface area (Å²) in [5.74, 6) is -1.83. The molecule has 14 heteroatoms. The van der Waals surface area contributed by atoms with Crippen LogP contribution in [0.1, 0.15) is 74.5 Å². The predicted molar refractivity (Wildman–Crippen MR) is 231 cm³/mol. The van der Waals surface area contributed by atoms with E-state index >= 15 is 0 Å². The molecular weight excluding hydrogens is 781 g/mol. The molecule has 3 N–H and O–H groups in total. The van der Waals surface area contributed by atoms with Crippen molar-refractivity contribution in [2.45, 2.75) is 76.2 Å². The van der Waals surface area contributed by atoms with Crippen molar-refractivity contribution in [2.75, 3.05) is 33.5 Å². The fourth-order valence-corrected chi connectivity index (χ4v) is 8.99. The summed E-state index contributed by atoms with van der Waals surface area (Å²) >= 11 is 0. The number of carbonyl (C=O) groups excluding carboxylic acids is 2. The lowest BCUT2D eigenvalue weighted by atomic mass is 9.55. The molecule has 0 saturated heterocycles. The number of rotatable bonds is 20. The summed E-state index contributed by atoms with van der Waals surface area (Å²) in [5, 5.41) is 38.4. The summed E-state index contributed by atoms with van der Waals surface area (Å²) in [7, 11) is 1.69. The van der Waals surface area contributed by atoms with Crippen LogP contribution in [0.5, 0.6) is 11.5 Å². The number of nitrogens with zero attached hydrogens (tertiary/aromatic N) is 3. The summed E-state index contributed by atoms with van der Waals surface area (Å²) < 4.78 is 19.9. The quantitative estimate of drug-likeness (QED) is 0.0335. The highest BCUT2D eigenvalue weighted by Gasteiger charge is 2.65. The van der Waals surface area contributed by atoms with Gasteiger partial charge in [-0.3, -0.25) is 14.9 Å². The van der Waals surface area contributed by atoms with Gasteiger partial charge in [0.2, 0.25) is 11.7 Å². The van der Waals surface area contributed by atoms with Crippen LogP contribution < -0.4 is 14.8 Å². The van der Waals surface area contributed by atoms with Gasteiger partial charge in [-0.05, 0) is 97.6 Å². The Balaban J connectivity index is 1.46. The van der Waals surface area contributed by atoms with Crippen LogP contribution in [-0.2, 0) is 20.9 Å². The van der Waals surface area contributed by atoms with E-state index in [1.807, 2.05) is 43.3 Å². The highest BCUT2D eigenvalue weighted by atomic mass is 16.7. The van der Waals surface area contributed by atoms with E-state index in [4.69, 9.17) is 19.0 Å². The van der Waals surface area contributed by atoms with Crippen molar-refractivity contribution in [3.63, 3.8) is 0 Å². The van der Waals surface area contributed by atoms with Crippen molar-refractivity contribution in [3.8, 4) is 11.5 Å². The number of ether oxygens (including phenoxy) is 3. The fraction of sp³-hybridized carbons (Fsp3) is 0.426. The number of likely N-dealkylation sites (N-methyl/N-ethyl adjacent to an activating group) is 1. The Morgan fingerprint density at radius 1 is 1.05 bits per heavy atom. The van der Waals surface area contributed by atoms with Crippen LogP contribution in [0.25, 0.3) is 6.08 Å². The van der Waals surface area contributed by atoms with Crippen molar-refractivity contribution < 1.29 is 43.8 Å². The summed E-state index contributed by atoms with van der Waals surface area (Å²) in [6.45, 7) is 6.63. The Bertz CT molecular complexity index is 2090. The van der Waals surface area contributed by atoms with Crippen molar-refractivity contribution in [3.05, 3.63) is 130 Å². The number of nitro groups is 1. The van der Waals surface area contributed by atoms with E-state index in [9.17, 15) is 29.9 Å². The molecule has 14 nitrogen and oxygen atoms in total. The van der Waals surface area contributed by atoms with Gasteiger partial charge in [-0.1, -0.05) is 60.5 Å². The number of hydrogen-bond donors (Lipinski definition) is 3. The van der Waals surface area contributed by atoms with Crippen molar-refractivity contribution >= 4 is 29.5 Å². The maximum absolute atomic E-state index is 14.2. The number of hydrogen-bond acceptors (Lipinski definition) is 11. The highest BCUT2D eigenvalue weighted by Crippen LogP contribution is 2.61. The first-order chi connectivity index (χ1) is 29.6. The van der Waals surface area contributed by atoms with Crippen LogP contribution in [0.15, 0.2) is 108 Å². The van der Waals surface area contributed by atoms with E-state index < -0.39 is 28.8 Å². The number of aliphatic hydroxyl groups excluding tert-OH is 2. The van der Waals surface area contributed by atoms with Crippen LogP contribution in [0, 0.1) is 27.9 Å². The molecule has 0 spiro atoms. The number of allylic oxidation sites excluding steroid dienone is 1. The molecular formula is C47H56N4O10. The van der Waals surface area contributed by atoms with Gasteiger partial charge in [0.1, 0.15) is 24.1 Å². The molecule has 6 rings (SSSR count). The zero-order valence-corrected chi connectivity index (χ0v) is 34.8. The third-order valence-electron chi connectivity index (χ3n) is 11.8. The van der Waals surface area contributed by atoms with E-state index in [0.29, 0.717) is 42.2 Å². The minimum absolute atomic E-state index is 0.0226. The number of nitro benzene ring substituents is 1. The Hall–Kier alpha value is -5.83. The summed E-state index contributed by atoms with van der Waals surface area (Å²) in [4.78, 5) is 45.5. The third kappa shape index (κ3) is 10.4.